The van der Waals surface area contributed by atoms with E-state index in [1.807, 2.05) is 49.3 Å². The first kappa shape index (κ1) is 23.4. The summed E-state index contributed by atoms with van der Waals surface area (Å²) in [6.45, 7) is 0.951. The lowest BCUT2D eigenvalue weighted by molar-refractivity contribution is -0.136. The van der Waals surface area contributed by atoms with Gasteiger partial charge in [-0.05, 0) is 61.5 Å². The largest absolute Gasteiger partial charge is 0.346 e. The Kier molecular flexibility index (Phi) is 7.23. The molecule has 2 N–H and O–H groups in total. The van der Waals surface area contributed by atoms with Crippen molar-refractivity contribution in [3.8, 4) is 0 Å². The number of hydrogen-bond donors (Lipinski definition) is 2. The molecule has 1 heterocycles. The molecule has 1 aliphatic rings. The second-order valence-electron chi connectivity index (χ2n) is 8.76. The number of carbonyl (C=O) groups excluding carboxylic acids is 3. The summed E-state index contributed by atoms with van der Waals surface area (Å²) in [5, 5.41) is 7.68. The first-order valence-electron chi connectivity index (χ1n) is 11.6. The molecule has 1 unspecified atom stereocenters. The summed E-state index contributed by atoms with van der Waals surface area (Å²) in [7, 11) is 3.90. The Balaban J connectivity index is 1.42. The molecule has 0 saturated carbocycles. The van der Waals surface area contributed by atoms with Gasteiger partial charge in [-0.3, -0.25) is 14.4 Å². The van der Waals surface area contributed by atoms with Crippen LogP contribution in [0.25, 0.3) is 10.8 Å². The van der Waals surface area contributed by atoms with Gasteiger partial charge in [0, 0.05) is 30.9 Å². The van der Waals surface area contributed by atoms with E-state index >= 15 is 0 Å². The van der Waals surface area contributed by atoms with Crippen LogP contribution in [0.4, 0.5) is 11.4 Å². The molecule has 7 nitrogen and oxygen atoms in total. The van der Waals surface area contributed by atoms with E-state index in [1.54, 1.807) is 23.1 Å². The van der Waals surface area contributed by atoms with Crippen LogP contribution in [0.5, 0.6) is 0 Å². The van der Waals surface area contributed by atoms with Gasteiger partial charge in [-0.15, -0.1) is 0 Å². The Hall–Kier alpha value is -3.71. The van der Waals surface area contributed by atoms with Crippen molar-refractivity contribution in [2.45, 2.75) is 25.3 Å². The number of fused-ring (bicyclic) bond motifs is 1. The van der Waals surface area contributed by atoms with Crippen molar-refractivity contribution in [3.05, 3.63) is 72.3 Å². The number of likely N-dealkylation sites (N-methyl/N-ethyl adjacent to an activating group) is 1. The molecule has 1 atom stereocenters. The highest BCUT2D eigenvalue weighted by Gasteiger charge is 2.22. The molecule has 1 fully saturated rings. The average molecular weight is 459 g/mol. The van der Waals surface area contributed by atoms with Gasteiger partial charge in [0.2, 0.25) is 5.91 Å². The Morgan fingerprint density at radius 1 is 0.971 bits per heavy atom. The van der Waals surface area contributed by atoms with Crippen LogP contribution in [0.2, 0.25) is 0 Å². The topological polar surface area (TPSA) is 81.8 Å². The van der Waals surface area contributed by atoms with Gasteiger partial charge >= 0.3 is 11.8 Å². The normalized spacial score (nSPS) is 14.8. The zero-order chi connectivity index (χ0) is 24.1. The summed E-state index contributed by atoms with van der Waals surface area (Å²) in [5.41, 5.74) is 2.29. The number of nitrogens with zero attached hydrogens (tertiary/aromatic N) is 2. The molecular weight excluding hydrogens is 428 g/mol. The van der Waals surface area contributed by atoms with Gasteiger partial charge in [-0.2, -0.15) is 0 Å². The summed E-state index contributed by atoms with van der Waals surface area (Å²) >= 11 is 0. The Labute approximate surface area is 199 Å². The first-order chi connectivity index (χ1) is 16.4. The van der Waals surface area contributed by atoms with E-state index < -0.39 is 11.8 Å². The Morgan fingerprint density at radius 2 is 1.74 bits per heavy atom. The second-order valence-corrected chi connectivity index (χ2v) is 8.76. The number of nitrogens with one attached hydrogen (secondary N) is 2. The number of hydrogen-bond acceptors (Lipinski definition) is 4. The quantitative estimate of drug-likeness (QED) is 0.552. The van der Waals surface area contributed by atoms with Gasteiger partial charge in [-0.25, -0.2) is 0 Å². The van der Waals surface area contributed by atoms with E-state index in [0.29, 0.717) is 18.7 Å². The fourth-order valence-electron chi connectivity index (χ4n) is 4.40. The van der Waals surface area contributed by atoms with Gasteiger partial charge < -0.3 is 20.4 Å². The predicted molar refractivity (Wildman–Crippen MR) is 135 cm³/mol. The van der Waals surface area contributed by atoms with Crippen LogP contribution in [-0.2, 0) is 14.4 Å². The highest BCUT2D eigenvalue weighted by Crippen LogP contribution is 2.27. The van der Waals surface area contributed by atoms with Crippen LogP contribution in [0, 0.1) is 0 Å². The van der Waals surface area contributed by atoms with E-state index in [-0.39, 0.29) is 18.5 Å². The van der Waals surface area contributed by atoms with E-state index in [9.17, 15) is 14.4 Å². The van der Waals surface area contributed by atoms with Crippen molar-refractivity contribution in [1.82, 2.24) is 10.2 Å². The maximum atomic E-state index is 12.6. The van der Waals surface area contributed by atoms with Crippen molar-refractivity contribution in [1.29, 1.82) is 0 Å². The molecule has 34 heavy (non-hydrogen) atoms. The minimum absolute atomic E-state index is 0.0793. The monoisotopic (exact) mass is 458 g/mol. The number of anilines is 2. The summed E-state index contributed by atoms with van der Waals surface area (Å²) in [5.74, 6) is -1.36. The highest BCUT2D eigenvalue weighted by molar-refractivity contribution is 6.39. The minimum atomic E-state index is -0.738. The standard InChI is InChI=1S/C27H30N4O3/c1-30(2)24(23-14-7-10-19-9-3-4-13-22(19)23)18-28-26(33)27(34)29-20-11-8-12-21(17-20)31-16-6-5-15-25(31)32/h3-4,7-14,17,24H,5-6,15-16,18H2,1-2H3,(H,28,33)(H,29,34). The van der Waals surface area contributed by atoms with E-state index in [1.165, 1.54) is 0 Å². The first-order valence-corrected chi connectivity index (χ1v) is 11.6. The van der Waals surface area contributed by atoms with Crippen LogP contribution in [0.3, 0.4) is 0 Å². The SMILES string of the molecule is CN(C)C(CNC(=O)C(=O)Nc1cccc(N2CCCCC2=O)c1)c1cccc2ccccc12. The molecule has 7 heteroatoms. The summed E-state index contributed by atoms with van der Waals surface area (Å²) in [6, 6.07) is 21.2. The highest BCUT2D eigenvalue weighted by atomic mass is 16.2. The number of carbonyl (C=O) groups is 3. The maximum Gasteiger partial charge on any atom is 0.313 e. The van der Waals surface area contributed by atoms with Gasteiger partial charge in [0.15, 0.2) is 0 Å². The second kappa shape index (κ2) is 10.5. The fraction of sp³-hybridized carbons (Fsp3) is 0.296. The van der Waals surface area contributed by atoms with Crippen LogP contribution in [0.15, 0.2) is 66.7 Å². The van der Waals surface area contributed by atoms with E-state index in [4.69, 9.17) is 0 Å². The number of benzene rings is 3. The van der Waals surface area contributed by atoms with Crippen LogP contribution < -0.4 is 15.5 Å². The van der Waals surface area contributed by atoms with Gasteiger partial charge in [-0.1, -0.05) is 48.5 Å². The van der Waals surface area contributed by atoms with E-state index in [0.717, 1.165) is 34.9 Å². The summed E-state index contributed by atoms with van der Waals surface area (Å²) in [4.78, 5) is 41.1. The molecule has 4 rings (SSSR count). The van der Waals surface area contributed by atoms with Gasteiger partial charge in [0.05, 0.1) is 6.04 Å². The molecule has 1 aliphatic heterocycles. The van der Waals surface area contributed by atoms with Crippen molar-refractivity contribution >= 4 is 39.9 Å². The lowest BCUT2D eigenvalue weighted by Crippen LogP contribution is -2.40. The van der Waals surface area contributed by atoms with Crippen molar-refractivity contribution < 1.29 is 14.4 Å². The summed E-state index contributed by atoms with van der Waals surface area (Å²) in [6.07, 6.45) is 2.38. The summed E-state index contributed by atoms with van der Waals surface area (Å²) < 4.78 is 0. The van der Waals surface area contributed by atoms with Crippen molar-refractivity contribution in [2.75, 3.05) is 37.4 Å². The smallest absolute Gasteiger partial charge is 0.313 e. The minimum Gasteiger partial charge on any atom is -0.346 e. The molecule has 0 spiro atoms. The molecule has 0 aliphatic carbocycles. The Morgan fingerprint density at radius 3 is 2.53 bits per heavy atom. The number of amides is 3. The van der Waals surface area contributed by atoms with Gasteiger partial charge in [0.25, 0.3) is 0 Å². The Bertz CT molecular complexity index is 1200. The third-order valence-electron chi connectivity index (χ3n) is 6.21. The fourth-order valence-corrected chi connectivity index (χ4v) is 4.40. The molecular formula is C27H30N4O3. The molecule has 0 aromatic heterocycles. The van der Waals surface area contributed by atoms with Gasteiger partial charge in [0.1, 0.15) is 0 Å². The van der Waals surface area contributed by atoms with Crippen LogP contribution in [0.1, 0.15) is 30.9 Å². The molecule has 3 aromatic rings. The van der Waals surface area contributed by atoms with Crippen LogP contribution >= 0.6 is 0 Å². The van der Waals surface area contributed by atoms with Crippen LogP contribution in [-0.4, -0.2) is 49.8 Å². The predicted octanol–water partition coefficient (Wildman–Crippen LogP) is 3.71. The molecule has 3 amide bonds. The molecule has 176 valence electrons. The third kappa shape index (κ3) is 5.26. The number of rotatable bonds is 6. The molecule has 0 bridgehead atoms. The molecule has 1 saturated heterocycles. The zero-order valence-electron chi connectivity index (χ0n) is 19.6. The lowest BCUT2D eigenvalue weighted by atomic mass is 9.98. The third-order valence-corrected chi connectivity index (χ3v) is 6.21. The van der Waals surface area contributed by atoms with Crippen molar-refractivity contribution in [2.24, 2.45) is 0 Å². The number of piperidine rings is 1. The lowest BCUT2D eigenvalue weighted by Gasteiger charge is -2.27. The molecule has 3 aromatic carbocycles. The van der Waals surface area contributed by atoms with E-state index in [2.05, 4.69) is 28.8 Å². The van der Waals surface area contributed by atoms with Crippen molar-refractivity contribution in [3.63, 3.8) is 0 Å². The maximum absolute atomic E-state index is 12.6. The average Bonchev–Trinajstić information content (AvgIpc) is 2.84. The zero-order valence-corrected chi connectivity index (χ0v) is 19.6. The molecule has 0 radical (unpaired) electrons.